The molecule has 142 valence electrons. The largest absolute Gasteiger partial charge is 0.404 e. The lowest BCUT2D eigenvalue weighted by Gasteiger charge is -2.32. The first-order valence-corrected chi connectivity index (χ1v) is 10.4. The molecule has 1 heterocycles. The standard InChI is InChI=1S/C21H25N3O2S/c1-15-9-10-18(19(13-22)14-23-3)12-20(15)27(25,26)24-11-5-8-17-7-4-6-16(2)21(17)24/h4,6-7,9-10,12-14H,5,8,11,22H2,1-3H3/b19-13+,23-14?. The van der Waals surface area contributed by atoms with Crippen LogP contribution in [0, 0.1) is 13.8 Å². The van der Waals surface area contributed by atoms with Crippen molar-refractivity contribution in [3.8, 4) is 0 Å². The number of benzene rings is 2. The van der Waals surface area contributed by atoms with Gasteiger partial charge < -0.3 is 5.73 Å². The van der Waals surface area contributed by atoms with E-state index in [1.165, 1.54) is 6.20 Å². The third-order valence-corrected chi connectivity index (χ3v) is 6.86. The number of rotatable bonds is 4. The van der Waals surface area contributed by atoms with E-state index in [0.717, 1.165) is 35.2 Å². The summed E-state index contributed by atoms with van der Waals surface area (Å²) in [5, 5.41) is 0. The molecule has 0 unspecified atom stereocenters. The van der Waals surface area contributed by atoms with Gasteiger partial charge in [-0.05, 0) is 55.0 Å². The summed E-state index contributed by atoms with van der Waals surface area (Å²) in [5.74, 6) is 0. The number of allylic oxidation sites excluding steroid dienone is 1. The van der Waals surface area contributed by atoms with Gasteiger partial charge in [0.15, 0.2) is 0 Å². The minimum absolute atomic E-state index is 0.306. The van der Waals surface area contributed by atoms with Crippen LogP contribution >= 0.6 is 0 Å². The van der Waals surface area contributed by atoms with E-state index in [9.17, 15) is 8.42 Å². The fourth-order valence-electron chi connectivity index (χ4n) is 3.57. The minimum Gasteiger partial charge on any atom is -0.404 e. The summed E-state index contributed by atoms with van der Waals surface area (Å²) in [6, 6.07) is 11.3. The number of aliphatic imine (C=N–C) groups is 1. The van der Waals surface area contributed by atoms with Crippen molar-refractivity contribution in [2.75, 3.05) is 17.9 Å². The molecule has 3 rings (SSSR count). The second-order valence-electron chi connectivity index (χ2n) is 6.75. The average Bonchev–Trinajstić information content (AvgIpc) is 2.66. The molecule has 1 aliphatic heterocycles. The highest BCUT2D eigenvalue weighted by atomic mass is 32.2. The SMILES string of the molecule is CN=C/C(=C\N)c1ccc(C)c(S(=O)(=O)N2CCCc3cccc(C)c32)c1. The van der Waals surface area contributed by atoms with Gasteiger partial charge in [0.25, 0.3) is 10.0 Å². The van der Waals surface area contributed by atoms with E-state index in [2.05, 4.69) is 4.99 Å². The Labute approximate surface area is 161 Å². The van der Waals surface area contributed by atoms with E-state index in [0.29, 0.717) is 22.6 Å². The Balaban J connectivity index is 2.15. The van der Waals surface area contributed by atoms with Gasteiger partial charge in [0, 0.05) is 31.6 Å². The fraction of sp³-hybridized carbons (Fsp3) is 0.286. The number of hydrogen-bond acceptors (Lipinski definition) is 4. The van der Waals surface area contributed by atoms with Gasteiger partial charge >= 0.3 is 0 Å². The summed E-state index contributed by atoms with van der Waals surface area (Å²) in [4.78, 5) is 4.30. The number of hydrogen-bond donors (Lipinski definition) is 1. The Kier molecular flexibility index (Phi) is 5.37. The number of anilines is 1. The molecular weight excluding hydrogens is 358 g/mol. The number of fused-ring (bicyclic) bond motifs is 1. The quantitative estimate of drug-likeness (QED) is 0.822. The van der Waals surface area contributed by atoms with Crippen LogP contribution in [0.15, 0.2) is 52.5 Å². The molecule has 0 saturated carbocycles. The number of nitrogens with two attached hydrogens (primary N) is 1. The molecule has 5 nitrogen and oxygen atoms in total. The zero-order chi connectivity index (χ0) is 19.6. The summed E-state index contributed by atoms with van der Waals surface area (Å²) < 4.78 is 28.7. The van der Waals surface area contributed by atoms with Crippen LogP contribution in [0.5, 0.6) is 0 Å². The molecule has 0 radical (unpaired) electrons. The molecule has 27 heavy (non-hydrogen) atoms. The Morgan fingerprint density at radius 1 is 1.19 bits per heavy atom. The molecule has 0 spiro atoms. The molecule has 2 aromatic carbocycles. The van der Waals surface area contributed by atoms with E-state index in [1.807, 2.05) is 44.2 Å². The van der Waals surface area contributed by atoms with E-state index in [1.54, 1.807) is 23.6 Å². The van der Waals surface area contributed by atoms with Gasteiger partial charge in [0.1, 0.15) is 0 Å². The van der Waals surface area contributed by atoms with Crippen LogP contribution in [0.1, 0.15) is 28.7 Å². The van der Waals surface area contributed by atoms with Gasteiger partial charge in [0.05, 0.1) is 10.6 Å². The first-order valence-electron chi connectivity index (χ1n) is 8.96. The van der Waals surface area contributed by atoms with Crippen LogP contribution < -0.4 is 10.0 Å². The van der Waals surface area contributed by atoms with Crippen LogP contribution in [0.2, 0.25) is 0 Å². The van der Waals surface area contributed by atoms with Gasteiger partial charge in [-0.25, -0.2) is 8.42 Å². The number of nitrogens with zero attached hydrogens (tertiary/aromatic N) is 2. The van der Waals surface area contributed by atoms with Gasteiger partial charge in [-0.3, -0.25) is 9.30 Å². The van der Waals surface area contributed by atoms with Gasteiger partial charge in [0.2, 0.25) is 0 Å². The second-order valence-corrected chi connectivity index (χ2v) is 8.58. The Morgan fingerprint density at radius 2 is 1.96 bits per heavy atom. The smallest absolute Gasteiger partial charge is 0.264 e. The molecular formula is C21H25N3O2S. The number of para-hydroxylation sites is 1. The summed E-state index contributed by atoms with van der Waals surface area (Å²) >= 11 is 0. The zero-order valence-corrected chi connectivity index (χ0v) is 16.8. The maximum absolute atomic E-state index is 13.6. The molecule has 2 aromatic rings. The molecule has 1 aliphatic rings. The Bertz CT molecular complexity index is 1020. The molecule has 0 aliphatic carbocycles. The molecule has 0 bridgehead atoms. The molecule has 0 saturated heterocycles. The van der Waals surface area contributed by atoms with Crippen LogP contribution in [0.3, 0.4) is 0 Å². The lowest BCUT2D eigenvalue weighted by Crippen LogP contribution is -2.36. The van der Waals surface area contributed by atoms with Crippen molar-refractivity contribution in [2.45, 2.75) is 31.6 Å². The average molecular weight is 384 g/mol. The van der Waals surface area contributed by atoms with Crippen LogP contribution in [-0.4, -0.2) is 28.2 Å². The Hall–Kier alpha value is -2.60. The molecule has 6 heteroatoms. The van der Waals surface area contributed by atoms with E-state index < -0.39 is 10.0 Å². The molecule has 0 atom stereocenters. The van der Waals surface area contributed by atoms with Crippen molar-refractivity contribution in [2.24, 2.45) is 10.7 Å². The number of aryl methyl sites for hydroxylation is 3. The maximum Gasteiger partial charge on any atom is 0.264 e. The van der Waals surface area contributed by atoms with E-state index in [-0.39, 0.29) is 0 Å². The van der Waals surface area contributed by atoms with Gasteiger partial charge in [-0.2, -0.15) is 0 Å². The van der Waals surface area contributed by atoms with Crippen molar-refractivity contribution in [1.82, 2.24) is 0 Å². The molecule has 0 fully saturated rings. The number of sulfonamides is 1. The van der Waals surface area contributed by atoms with Crippen molar-refractivity contribution in [1.29, 1.82) is 0 Å². The first kappa shape index (κ1) is 19.2. The molecule has 0 amide bonds. The van der Waals surface area contributed by atoms with Gasteiger partial charge in [-0.1, -0.05) is 30.3 Å². The Morgan fingerprint density at radius 3 is 2.67 bits per heavy atom. The highest BCUT2D eigenvalue weighted by molar-refractivity contribution is 7.92. The predicted octanol–water partition coefficient (Wildman–Crippen LogP) is 3.45. The highest BCUT2D eigenvalue weighted by Gasteiger charge is 2.31. The highest BCUT2D eigenvalue weighted by Crippen LogP contribution is 2.35. The summed E-state index contributed by atoms with van der Waals surface area (Å²) in [6.45, 7) is 4.27. The van der Waals surface area contributed by atoms with Crippen LogP contribution in [0.4, 0.5) is 5.69 Å². The lowest BCUT2D eigenvalue weighted by atomic mass is 10.0. The third kappa shape index (κ3) is 3.49. The molecule has 2 N–H and O–H groups in total. The third-order valence-electron chi connectivity index (χ3n) is 4.92. The van der Waals surface area contributed by atoms with E-state index >= 15 is 0 Å². The zero-order valence-electron chi connectivity index (χ0n) is 15.9. The van der Waals surface area contributed by atoms with Crippen molar-refractivity contribution < 1.29 is 8.42 Å². The minimum atomic E-state index is -3.69. The van der Waals surface area contributed by atoms with E-state index in [4.69, 9.17) is 5.73 Å². The second kappa shape index (κ2) is 7.56. The van der Waals surface area contributed by atoms with Crippen molar-refractivity contribution in [3.05, 3.63) is 64.9 Å². The van der Waals surface area contributed by atoms with Crippen LogP contribution in [-0.2, 0) is 16.4 Å². The van der Waals surface area contributed by atoms with Crippen molar-refractivity contribution >= 4 is 27.5 Å². The normalized spacial score (nSPS) is 15.2. The van der Waals surface area contributed by atoms with Gasteiger partial charge in [-0.15, -0.1) is 0 Å². The lowest BCUT2D eigenvalue weighted by molar-refractivity contribution is 0.585. The monoisotopic (exact) mass is 383 g/mol. The summed E-state index contributed by atoms with van der Waals surface area (Å²) in [6.07, 6.45) is 4.77. The summed E-state index contributed by atoms with van der Waals surface area (Å²) in [7, 11) is -2.03. The van der Waals surface area contributed by atoms with Crippen LogP contribution in [0.25, 0.3) is 5.57 Å². The first-order chi connectivity index (χ1) is 12.9. The van der Waals surface area contributed by atoms with Crippen molar-refractivity contribution in [3.63, 3.8) is 0 Å². The topological polar surface area (TPSA) is 75.8 Å². The predicted molar refractivity (Wildman–Crippen MR) is 112 cm³/mol. The maximum atomic E-state index is 13.6. The fourth-order valence-corrected chi connectivity index (χ4v) is 5.43. The molecule has 0 aromatic heterocycles. The summed E-state index contributed by atoms with van der Waals surface area (Å²) in [5.41, 5.74) is 10.7.